The van der Waals surface area contributed by atoms with Crippen LogP contribution >= 0.6 is 23.2 Å². The number of nitrogens with zero attached hydrogens (tertiary/aromatic N) is 1. The fraction of sp³-hybridized carbons (Fsp3) is 0.286. The van der Waals surface area contributed by atoms with Gasteiger partial charge in [0.1, 0.15) is 0 Å². The van der Waals surface area contributed by atoms with Gasteiger partial charge in [-0.05, 0) is 19.9 Å². The lowest BCUT2D eigenvalue weighted by Gasteiger charge is -1.99. The Bertz CT molecular complexity index is 235. The second kappa shape index (κ2) is 2.77. The Hall–Kier alpha value is -0.270. The van der Waals surface area contributed by atoms with Crippen molar-refractivity contribution in [2.45, 2.75) is 13.8 Å². The largest absolute Gasteiger partial charge is 0.257 e. The van der Waals surface area contributed by atoms with Crippen molar-refractivity contribution in [3.8, 4) is 0 Å². The average molecular weight is 176 g/mol. The molecule has 0 spiro atoms. The first-order valence-corrected chi connectivity index (χ1v) is 3.66. The van der Waals surface area contributed by atoms with Gasteiger partial charge < -0.3 is 0 Å². The molecule has 0 aromatic carbocycles. The first-order chi connectivity index (χ1) is 4.61. The predicted molar refractivity (Wildman–Crippen MR) is 43.7 cm³/mol. The van der Waals surface area contributed by atoms with Gasteiger partial charge in [0.15, 0.2) is 0 Å². The lowest BCUT2D eigenvalue weighted by Crippen LogP contribution is -1.86. The van der Waals surface area contributed by atoms with E-state index in [2.05, 4.69) is 4.98 Å². The maximum atomic E-state index is 5.76. The summed E-state index contributed by atoms with van der Waals surface area (Å²) in [6, 6.07) is 1.75. The summed E-state index contributed by atoms with van der Waals surface area (Å²) in [7, 11) is 0. The number of aromatic nitrogens is 1. The molecule has 3 heteroatoms. The second-order valence-electron chi connectivity index (χ2n) is 2.14. The van der Waals surface area contributed by atoms with E-state index in [-0.39, 0.29) is 0 Å². The molecule has 0 atom stereocenters. The molecule has 1 rings (SSSR count). The first-order valence-electron chi connectivity index (χ1n) is 2.90. The van der Waals surface area contributed by atoms with Crippen molar-refractivity contribution in [1.82, 2.24) is 4.98 Å². The summed E-state index contributed by atoms with van der Waals surface area (Å²) >= 11 is 11.5. The van der Waals surface area contributed by atoms with Crippen LogP contribution in [0.25, 0.3) is 0 Å². The Morgan fingerprint density at radius 3 is 2.40 bits per heavy atom. The van der Waals surface area contributed by atoms with E-state index < -0.39 is 0 Å². The maximum absolute atomic E-state index is 5.76. The van der Waals surface area contributed by atoms with Gasteiger partial charge in [0.05, 0.1) is 15.7 Å². The molecular weight excluding hydrogens is 169 g/mol. The molecule has 0 aliphatic rings. The molecule has 0 N–H and O–H groups in total. The summed E-state index contributed by atoms with van der Waals surface area (Å²) in [6.45, 7) is 3.72. The van der Waals surface area contributed by atoms with Crippen LogP contribution in [0.5, 0.6) is 0 Å². The quantitative estimate of drug-likeness (QED) is 0.592. The Morgan fingerprint density at radius 1 is 1.30 bits per heavy atom. The molecule has 1 nitrogen and oxygen atoms in total. The number of hydrogen-bond donors (Lipinski definition) is 0. The normalized spacial score (nSPS) is 10.0. The Balaban J connectivity index is 3.31. The standard InChI is InChI=1S/C7H7Cl2N/c1-4-3-6(8)7(9)5(2)10-4/h3H,1-2H3. The van der Waals surface area contributed by atoms with Crippen molar-refractivity contribution in [3.63, 3.8) is 0 Å². The summed E-state index contributed by atoms with van der Waals surface area (Å²) in [5.74, 6) is 0. The van der Waals surface area contributed by atoms with Gasteiger partial charge in [0, 0.05) is 5.69 Å². The fourth-order valence-corrected chi connectivity index (χ4v) is 1.16. The topological polar surface area (TPSA) is 12.9 Å². The zero-order valence-electron chi connectivity index (χ0n) is 5.78. The highest BCUT2D eigenvalue weighted by molar-refractivity contribution is 6.42. The predicted octanol–water partition coefficient (Wildman–Crippen LogP) is 3.01. The van der Waals surface area contributed by atoms with Crippen molar-refractivity contribution in [2.75, 3.05) is 0 Å². The van der Waals surface area contributed by atoms with Crippen molar-refractivity contribution < 1.29 is 0 Å². The van der Waals surface area contributed by atoms with Gasteiger partial charge in [0.2, 0.25) is 0 Å². The lowest BCUT2D eigenvalue weighted by atomic mass is 10.3. The molecule has 0 radical (unpaired) electrons. The molecule has 0 saturated carbocycles. The molecule has 0 amide bonds. The average Bonchev–Trinajstić information content (AvgIpc) is 1.82. The Kier molecular flexibility index (Phi) is 2.17. The van der Waals surface area contributed by atoms with Gasteiger partial charge in [-0.2, -0.15) is 0 Å². The van der Waals surface area contributed by atoms with Gasteiger partial charge in [-0.15, -0.1) is 0 Å². The van der Waals surface area contributed by atoms with E-state index >= 15 is 0 Å². The number of aryl methyl sites for hydroxylation is 2. The van der Waals surface area contributed by atoms with Crippen LogP contribution in [0.3, 0.4) is 0 Å². The zero-order chi connectivity index (χ0) is 7.72. The molecule has 1 aromatic rings. The summed E-state index contributed by atoms with van der Waals surface area (Å²) < 4.78 is 0. The van der Waals surface area contributed by atoms with E-state index in [0.717, 1.165) is 11.4 Å². The van der Waals surface area contributed by atoms with E-state index in [0.29, 0.717) is 10.0 Å². The molecule has 10 heavy (non-hydrogen) atoms. The van der Waals surface area contributed by atoms with Crippen LogP contribution in [0.15, 0.2) is 6.07 Å². The molecule has 0 bridgehead atoms. The second-order valence-corrected chi connectivity index (χ2v) is 2.93. The summed E-state index contributed by atoms with van der Waals surface area (Å²) in [4.78, 5) is 4.12. The van der Waals surface area contributed by atoms with Gasteiger partial charge in [-0.3, -0.25) is 4.98 Å². The van der Waals surface area contributed by atoms with E-state index in [1.807, 2.05) is 13.8 Å². The van der Waals surface area contributed by atoms with Crippen molar-refractivity contribution >= 4 is 23.2 Å². The summed E-state index contributed by atoms with van der Waals surface area (Å²) in [5.41, 5.74) is 1.68. The summed E-state index contributed by atoms with van der Waals surface area (Å²) in [6.07, 6.45) is 0. The molecule has 0 fully saturated rings. The van der Waals surface area contributed by atoms with Crippen LogP contribution in [-0.4, -0.2) is 4.98 Å². The number of hydrogen-bond acceptors (Lipinski definition) is 1. The monoisotopic (exact) mass is 175 g/mol. The minimum absolute atomic E-state index is 0.548. The highest BCUT2D eigenvalue weighted by Gasteiger charge is 2.01. The molecule has 54 valence electrons. The van der Waals surface area contributed by atoms with E-state index in [9.17, 15) is 0 Å². The van der Waals surface area contributed by atoms with Crippen LogP contribution in [0.4, 0.5) is 0 Å². The molecule has 0 aliphatic heterocycles. The summed E-state index contributed by atoms with van der Waals surface area (Å²) in [5, 5.41) is 1.12. The number of pyridine rings is 1. The van der Waals surface area contributed by atoms with E-state index in [4.69, 9.17) is 23.2 Å². The van der Waals surface area contributed by atoms with E-state index in [1.54, 1.807) is 6.07 Å². The third-order valence-corrected chi connectivity index (χ3v) is 2.08. The molecule has 1 heterocycles. The third-order valence-electron chi connectivity index (χ3n) is 1.21. The van der Waals surface area contributed by atoms with E-state index in [1.165, 1.54) is 0 Å². The molecule has 0 saturated heterocycles. The highest BCUT2D eigenvalue weighted by atomic mass is 35.5. The van der Waals surface area contributed by atoms with Gasteiger partial charge in [-0.1, -0.05) is 23.2 Å². The van der Waals surface area contributed by atoms with Gasteiger partial charge >= 0.3 is 0 Å². The maximum Gasteiger partial charge on any atom is 0.0804 e. The van der Waals surface area contributed by atoms with Crippen LogP contribution in [0, 0.1) is 13.8 Å². The third kappa shape index (κ3) is 1.41. The van der Waals surface area contributed by atoms with Crippen molar-refractivity contribution in [3.05, 3.63) is 27.5 Å². The smallest absolute Gasteiger partial charge is 0.0804 e. The Labute approximate surface area is 70.0 Å². The van der Waals surface area contributed by atoms with Crippen LogP contribution in [0.1, 0.15) is 11.4 Å². The van der Waals surface area contributed by atoms with Crippen molar-refractivity contribution in [2.24, 2.45) is 0 Å². The molecule has 0 unspecified atom stereocenters. The molecule has 1 aromatic heterocycles. The lowest BCUT2D eigenvalue weighted by molar-refractivity contribution is 1.12. The van der Waals surface area contributed by atoms with Crippen LogP contribution < -0.4 is 0 Å². The minimum Gasteiger partial charge on any atom is -0.257 e. The van der Waals surface area contributed by atoms with Gasteiger partial charge in [0.25, 0.3) is 0 Å². The van der Waals surface area contributed by atoms with Crippen LogP contribution in [-0.2, 0) is 0 Å². The number of halogens is 2. The fourth-order valence-electron chi connectivity index (χ4n) is 0.765. The Morgan fingerprint density at radius 2 is 1.90 bits per heavy atom. The first kappa shape index (κ1) is 7.83. The molecule has 0 aliphatic carbocycles. The zero-order valence-corrected chi connectivity index (χ0v) is 7.29. The number of rotatable bonds is 0. The van der Waals surface area contributed by atoms with Crippen LogP contribution in [0.2, 0.25) is 10.0 Å². The minimum atomic E-state index is 0.548. The SMILES string of the molecule is Cc1cc(Cl)c(Cl)c(C)n1. The molecular formula is C7H7Cl2N. The van der Waals surface area contributed by atoms with Gasteiger partial charge in [-0.25, -0.2) is 0 Å². The highest BCUT2D eigenvalue weighted by Crippen LogP contribution is 2.24. The van der Waals surface area contributed by atoms with Crippen molar-refractivity contribution in [1.29, 1.82) is 0 Å².